The Hall–Kier alpha value is -3.43. The van der Waals surface area contributed by atoms with Crippen molar-refractivity contribution in [1.29, 1.82) is 0 Å². The summed E-state index contributed by atoms with van der Waals surface area (Å²) in [6.07, 6.45) is 1.20. The van der Waals surface area contributed by atoms with Gasteiger partial charge in [0.05, 0.1) is 16.1 Å². The minimum absolute atomic E-state index is 0.00296. The molecule has 1 aliphatic rings. The zero-order valence-corrected chi connectivity index (χ0v) is 22.0. The van der Waals surface area contributed by atoms with Gasteiger partial charge in [-0.2, -0.15) is 4.98 Å². The third kappa shape index (κ3) is 5.13. The van der Waals surface area contributed by atoms with Crippen LogP contribution < -0.4 is 0 Å². The maximum atomic E-state index is 15.4. The van der Waals surface area contributed by atoms with E-state index in [1.54, 1.807) is 25.1 Å². The second kappa shape index (κ2) is 10.0. The molecule has 1 fully saturated rings. The first-order valence-electron chi connectivity index (χ1n) is 12.0. The molecule has 38 heavy (non-hydrogen) atoms. The van der Waals surface area contributed by atoms with Gasteiger partial charge in [0.15, 0.2) is 15.7 Å². The van der Waals surface area contributed by atoms with Crippen LogP contribution in [-0.2, 0) is 32.9 Å². The molecule has 0 aliphatic heterocycles. The van der Waals surface area contributed by atoms with Crippen LogP contribution in [-0.4, -0.2) is 30.1 Å². The van der Waals surface area contributed by atoms with Crippen LogP contribution in [0.2, 0.25) is 5.02 Å². The molecule has 0 spiro atoms. The Balaban J connectivity index is 1.32. The number of halogens is 3. The summed E-state index contributed by atoms with van der Waals surface area (Å²) >= 11 is 6.53. The first-order chi connectivity index (χ1) is 18.1. The standard InChI is InChI=1S/C28H23ClF2N2O4S/c1-2-38(35,36)22-9-3-17(4-10-22)13-21(34)14-18-15-23(29)25(24(31)16-18)28(11-12-28)27-32-26(37-33-27)19-5-7-20(30)8-6-19/h3-10,15-16H,2,11-14H2,1H3. The van der Waals surface area contributed by atoms with Gasteiger partial charge in [0.2, 0.25) is 0 Å². The van der Waals surface area contributed by atoms with E-state index in [9.17, 15) is 17.6 Å². The monoisotopic (exact) mass is 556 g/mol. The summed E-state index contributed by atoms with van der Waals surface area (Å²) in [5, 5.41) is 4.23. The summed E-state index contributed by atoms with van der Waals surface area (Å²) in [4.78, 5) is 17.3. The summed E-state index contributed by atoms with van der Waals surface area (Å²) in [5.41, 5.74) is 1.07. The summed E-state index contributed by atoms with van der Waals surface area (Å²) < 4.78 is 57.9. The van der Waals surface area contributed by atoms with Gasteiger partial charge in [0.25, 0.3) is 5.89 Å². The highest BCUT2D eigenvalue weighted by molar-refractivity contribution is 7.91. The highest BCUT2D eigenvalue weighted by atomic mass is 35.5. The fourth-order valence-electron chi connectivity index (χ4n) is 4.52. The predicted molar refractivity (Wildman–Crippen MR) is 138 cm³/mol. The molecule has 3 aromatic carbocycles. The van der Waals surface area contributed by atoms with E-state index in [-0.39, 0.29) is 51.6 Å². The number of nitrogens with zero attached hydrogens (tertiary/aromatic N) is 2. The van der Waals surface area contributed by atoms with Crippen LogP contribution in [0.1, 0.15) is 42.3 Å². The zero-order chi connectivity index (χ0) is 27.1. The van der Waals surface area contributed by atoms with Crippen LogP contribution in [0.5, 0.6) is 0 Å². The van der Waals surface area contributed by atoms with Crippen molar-refractivity contribution >= 4 is 27.2 Å². The molecule has 1 aliphatic carbocycles. The van der Waals surface area contributed by atoms with Crippen molar-refractivity contribution < 1.29 is 26.5 Å². The largest absolute Gasteiger partial charge is 0.334 e. The van der Waals surface area contributed by atoms with Gasteiger partial charge >= 0.3 is 0 Å². The molecular formula is C28H23ClF2N2O4S. The topological polar surface area (TPSA) is 90.1 Å². The SMILES string of the molecule is CCS(=O)(=O)c1ccc(CC(=O)Cc2cc(F)c(C3(c4noc(-c5ccc(F)cc5)n4)CC3)c(Cl)c2)cc1. The molecule has 6 nitrogen and oxygen atoms in total. The lowest BCUT2D eigenvalue weighted by Crippen LogP contribution is -2.15. The van der Waals surface area contributed by atoms with Crippen LogP contribution in [0, 0.1) is 11.6 Å². The van der Waals surface area contributed by atoms with Gasteiger partial charge < -0.3 is 4.52 Å². The van der Waals surface area contributed by atoms with Crippen molar-refractivity contribution in [2.45, 2.75) is 42.9 Å². The second-order valence-electron chi connectivity index (χ2n) is 9.39. The number of hydrogen-bond donors (Lipinski definition) is 0. The maximum absolute atomic E-state index is 15.4. The third-order valence-electron chi connectivity index (χ3n) is 6.74. The summed E-state index contributed by atoms with van der Waals surface area (Å²) in [6.45, 7) is 1.57. The first kappa shape index (κ1) is 26.2. The van der Waals surface area contributed by atoms with E-state index in [2.05, 4.69) is 10.1 Å². The van der Waals surface area contributed by atoms with E-state index in [1.807, 2.05) is 0 Å². The minimum atomic E-state index is -3.32. The zero-order valence-electron chi connectivity index (χ0n) is 20.4. The first-order valence-corrected chi connectivity index (χ1v) is 14.1. The Morgan fingerprint density at radius 2 is 1.66 bits per heavy atom. The van der Waals surface area contributed by atoms with E-state index >= 15 is 4.39 Å². The Labute approximate surface area is 223 Å². The van der Waals surface area contributed by atoms with E-state index < -0.39 is 21.1 Å². The van der Waals surface area contributed by atoms with Crippen LogP contribution in [0.3, 0.4) is 0 Å². The number of carbonyl (C=O) groups excluding carboxylic acids is 1. The number of sulfone groups is 1. The van der Waals surface area contributed by atoms with E-state index in [0.29, 0.717) is 35.4 Å². The van der Waals surface area contributed by atoms with Gasteiger partial charge in [-0.1, -0.05) is 35.8 Å². The summed E-state index contributed by atoms with van der Waals surface area (Å²) in [6, 6.07) is 14.7. The van der Waals surface area contributed by atoms with Crippen LogP contribution in [0.15, 0.2) is 70.1 Å². The molecule has 4 aromatic rings. The Kier molecular flexibility index (Phi) is 6.92. The van der Waals surface area contributed by atoms with Crippen molar-refractivity contribution in [2.24, 2.45) is 0 Å². The van der Waals surface area contributed by atoms with E-state index in [0.717, 1.165) is 0 Å². The van der Waals surface area contributed by atoms with E-state index in [4.69, 9.17) is 16.1 Å². The van der Waals surface area contributed by atoms with Crippen molar-refractivity contribution in [3.05, 3.63) is 99.8 Å². The molecule has 0 saturated heterocycles. The number of aromatic nitrogens is 2. The molecule has 196 valence electrons. The van der Waals surface area contributed by atoms with Crippen molar-refractivity contribution in [2.75, 3.05) is 5.75 Å². The maximum Gasteiger partial charge on any atom is 0.257 e. The highest BCUT2D eigenvalue weighted by Gasteiger charge is 2.53. The van der Waals surface area contributed by atoms with Crippen molar-refractivity contribution in [1.82, 2.24) is 10.1 Å². The van der Waals surface area contributed by atoms with Gasteiger partial charge in [-0.3, -0.25) is 4.79 Å². The normalized spacial score (nSPS) is 14.4. The van der Waals surface area contributed by atoms with Crippen LogP contribution in [0.4, 0.5) is 8.78 Å². The third-order valence-corrected chi connectivity index (χ3v) is 8.79. The molecule has 10 heteroatoms. The molecule has 0 radical (unpaired) electrons. The molecule has 1 aromatic heterocycles. The highest BCUT2D eigenvalue weighted by Crippen LogP contribution is 2.55. The molecule has 0 N–H and O–H groups in total. The lowest BCUT2D eigenvalue weighted by atomic mass is 9.92. The summed E-state index contributed by atoms with van der Waals surface area (Å²) in [5.74, 6) is -0.611. The number of hydrogen-bond acceptors (Lipinski definition) is 6. The number of ketones is 1. The average Bonchev–Trinajstić information content (AvgIpc) is 3.51. The van der Waals surface area contributed by atoms with Gasteiger partial charge in [-0.15, -0.1) is 0 Å². The Morgan fingerprint density at radius 3 is 2.26 bits per heavy atom. The van der Waals surface area contributed by atoms with Crippen molar-refractivity contribution in [3.8, 4) is 11.5 Å². The molecular weight excluding hydrogens is 534 g/mol. The Morgan fingerprint density at radius 1 is 1.00 bits per heavy atom. The van der Waals surface area contributed by atoms with E-state index in [1.165, 1.54) is 42.5 Å². The molecule has 1 heterocycles. The van der Waals surface area contributed by atoms with Crippen LogP contribution in [0.25, 0.3) is 11.5 Å². The predicted octanol–water partition coefficient (Wildman–Crippen LogP) is 5.90. The van der Waals surface area contributed by atoms with Gasteiger partial charge in [-0.05, 0) is 72.5 Å². The Bertz CT molecular complexity index is 1590. The average molecular weight is 557 g/mol. The number of benzene rings is 3. The fraction of sp³-hybridized carbons (Fsp3) is 0.250. The molecule has 0 bridgehead atoms. The summed E-state index contributed by atoms with van der Waals surface area (Å²) in [7, 11) is -3.32. The fourth-order valence-corrected chi connectivity index (χ4v) is 5.82. The number of Topliss-reactive ketones (excluding diaryl/α,β-unsaturated/α-hetero) is 1. The molecule has 0 atom stereocenters. The lowest BCUT2D eigenvalue weighted by molar-refractivity contribution is -0.117. The molecule has 0 unspecified atom stereocenters. The van der Waals surface area contributed by atoms with Crippen molar-refractivity contribution in [3.63, 3.8) is 0 Å². The smallest absolute Gasteiger partial charge is 0.257 e. The van der Waals surface area contributed by atoms with Crippen LogP contribution >= 0.6 is 11.6 Å². The van der Waals surface area contributed by atoms with Gasteiger partial charge in [0.1, 0.15) is 17.4 Å². The second-order valence-corrected chi connectivity index (χ2v) is 12.1. The quantitative estimate of drug-likeness (QED) is 0.255. The van der Waals surface area contributed by atoms with Gasteiger partial charge in [0, 0.05) is 29.0 Å². The lowest BCUT2D eigenvalue weighted by Gasteiger charge is -2.16. The molecule has 1 saturated carbocycles. The minimum Gasteiger partial charge on any atom is -0.334 e. The number of rotatable bonds is 9. The number of carbonyl (C=O) groups is 1. The molecule has 0 amide bonds. The molecule has 5 rings (SSSR count). The van der Waals surface area contributed by atoms with Gasteiger partial charge in [-0.25, -0.2) is 17.2 Å².